The van der Waals surface area contributed by atoms with Crippen molar-refractivity contribution in [2.24, 2.45) is 5.41 Å². The van der Waals surface area contributed by atoms with Gasteiger partial charge in [-0.05, 0) is 36.8 Å². The Bertz CT molecular complexity index is 505. The Kier molecular flexibility index (Phi) is 4.68. The Hall–Kier alpha value is -1.10. The molecule has 1 aliphatic carbocycles. The van der Waals surface area contributed by atoms with Crippen LogP contribution in [0.25, 0.3) is 0 Å². The fraction of sp³-hybridized carbons (Fsp3) is 0.533. The Morgan fingerprint density at radius 2 is 2.20 bits per heavy atom. The van der Waals surface area contributed by atoms with E-state index in [1.54, 1.807) is 0 Å². The highest BCUT2D eigenvalue weighted by Crippen LogP contribution is 2.36. The van der Waals surface area contributed by atoms with Crippen LogP contribution in [0.4, 0.5) is 8.78 Å². The third-order valence-corrected chi connectivity index (χ3v) is 4.63. The Morgan fingerprint density at radius 3 is 2.80 bits per heavy atom. The van der Waals surface area contributed by atoms with E-state index in [1.807, 2.05) is 0 Å². The molecular formula is C15H19F2NOS. The predicted molar refractivity (Wildman–Crippen MR) is 76.6 cm³/mol. The maximum absolute atomic E-state index is 13.4. The van der Waals surface area contributed by atoms with Crippen molar-refractivity contribution >= 4 is 17.7 Å². The highest BCUT2D eigenvalue weighted by molar-refractivity contribution is 8.00. The number of rotatable bonds is 4. The van der Waals surface area contributed by atoms with Gasteiger partial charge >= 0.3 is 0 Å². The summed E-state index contributed by atoms with van der Waals surface area (Å²) in [5.41, 5.74) is 0.286. The van der Waals surface area contributed by atoms with Crippen LogP contribution in [0.3, 0.4) is 0 Å². The largest absolute Gasteiger partial charge is 0.353 e. The molecule has 0 aliphatic heterocycles. The molecular weight excluding hydrogens is 280 g/mol. The summed E-state index contributed by atoms with van der Waals surface area (Å²) in [5, 5.41) is 2.98. The molecule has 5 heteroatoms. The van der Waals surface area contributed by atoms with Crippen LogP contribution in [0.15, 0.2) is 23.1 Å². The molecule has 1 amide bonds. The fourth-order valence-corrected chi connectivity index (χ4v) is 3.30. The topological polar surface area (TPSA) is 29.1 Å². The molecule has 20 heavy (non-hydrogen) atoms. The molecule has 0 saturated heterocycles. The normalized spacial score (nSPS) is 20.9. The second kappa shape index (κ2) is 6.12. The van der Waals surface area contributed by atoms with Crippen molar-refractivity contribution in [2.75, 3.05) is 5.75 Å². The van der Waals surface area contributed by atoms with E-state index < -0.39 is 11.6 Å². The maximum Gasteiger partial charge on any atom is 0.230 e. The molecule has 1 unspecified atom stereocenters. The molecule has 1 atom stereocenters. The van der Waals surface area contributed by atoms with E-state index in [4.69, 9.17) is 0 Å². The average molecular weight is 299 g/mol. The standard InChI is InChI=1S/C15H19F2NOS/c1-15(2)6-5-11(8-15)18-14(19)9-20-13-4-3-10(16)7-12(13)17/h3-4,7,11H,5-6,8-9H2,1-2H3,(H,18,19). The van der Waals surface area contributed by atoms with Crippen molar-refractivity contribution in [2.45, 2.75) is 44.0 Å². The van der Waals surface area contributed by atoms with E-state index >= 15 is 0 Å². The highest BCUT2D eigenvalue weighted by Gasteiger charge is 2.31. The van der Waals surface area contributed by atoms with Crippen molar-refractivity contribution in [1.82, 2.24) is 5.32 Å². The van der Waals surface area contributed by atoms with Gasteiger partial charge in [-0.25, -0.2) is 8.78 Å². The van der Waals surface area contributed by atoms with Gasteiger partial charge < -0.3 is 5.32 Å². The van der Waals surface area contributed by atoms with Crippen LogP contribution >= 0.6 is 11.8 Å². The van der Waals surface area contributed by atoms with Crippen molar-refractivity contribution < 1.29 is 13.6 Å². The van der Waals surface area contributed by atoms with Crippen LogP contribution in [0.2, 0.25) is 0 Å². The van der Waals surface area contributed by atoms with Gasteiger partial charge in [0.1, 0.15) is 11.6 Å². The van der Waals surface area contributed by atoms with Crippen LogP contribution in [0, 0.1) is 17.0 Å². The quantitative estimate of drug-likeness (QED) is 0.858. The molecule has 0 bridgehead atoms. The van der Waals surface area contributed by atoms with Gasteiger partial charge in [-0.2, -0.15) is 0 Å². The van der Waals surface area contributed by atoms with Gasteiger partial charge in [-0.15, -0.1) is 11.8 Å². The van der Waals surface area contributed by atoms with Crippen molar-refractivity contribution in [3.8, 4) is 0 Å². The third-order valence-electron chi connectivity index (χ3n) is 3.59. The van der Waals surface area contributed by atoms with E-state index in [9.17, 15) is 13.6 Å². The zero-order chi connectivity index (χ0) is 14.8. The predicted octanol–water partition coefficient (Wildman–Crippen LogP) is 3.75. The van der Waals surface area contributed by atoms with E-state index in [0.717, 1.165) is 37.1 Å². The first kappa shape index (κ1) is 15.3. The molecule has 1 N–H and O–H groups in total. The Labute approximate surface area is 122 Å². The first-order chi connectivity index (χ1) is 9.35. The molecule has 0 radical (unpaired) electrons. The number of amides is 1. The first-order valence-corrected chi connectivity index (χ1v) is 7.71. The fourth-order valence-electron chi connectivity index (χ4n) is 2.56. The maximum atomic E-state index is 13.4. The lowest BCUT2D eigenvalue weighted by molar-refractivity contribution is -0.119. The van der Waals surface area contributed by atoms with Crippen LogP contribution in [-0.4, -0.2) is 17.7 Å². The molecule has 0 spiro atoms. The van der Waals surface area contributed by atoms with E-state index in [2.05, 4.69) is 19.2 Å². The van der Waals surface area contributed by atoms with Crippen LogP contribution in [-0.2, 0) is 4.79 Å². The first-order valence-electron chi connectivity index (χ1n) is 6.73. The van der Waals surface area contributed by atoms with Gasteiger partial charge in [0.25, 0.3) is 0 Å². The minimum Gasteiger partial charge on any atom is -0.353 e. The third kappa shape index (κ3) is 4.20. The zero-order valence-corrected chi connectivity index (χ0v) is 12.5. The smallest absolute Gasteiger partial charge is 0.230 e. The molecule has 1 fully saturated rings. The van der Waals surface area contributed by atoms with Crippen LogP contribution in [0.5, 0.6) is 0 Å². The Balaban J connectivity index is 1.81. The summed E-state index contributed by atoms with van der Waals surface area (Å²) in [5.74, 6) is -1.17. The van der Waals surface area contributed by atoms with Crippen molar-refractivity contribution in [3.05, 3.63) is 29.8 Å². The van der Waals surface area contributed by atoms with Crippen LogP contribution in [0.1, 0.15) is 33.1 Å². The van der Waals surface area contributed by atoms with E-state index in [0.29, 0.717) is 4.90 Å². The molecule has 2 nitrogen and oxygen atoms in total. The van der Waals surface area contributed by atoms with Crippen molar-refractivity contribution in [3.63, 3.8) is 0 Å². The second-order valence-electron chi connectivity index (χ2n) is 6.03. The molecule has 1 aromatic carbocycles. The summed E-state index contributed by atoms with van der Waals surface area (Å²) in [4.78, 5) is 12.1. The van der Waals surface area contributed by atoms with Gasteiger partial charge in [0.2, 0.25) is 5.91 Å². The number of hydrogen-bond donors (Lipinski definition) is 1. The lowest BCUT2D eigenvalue weighted by atomic mass is 9.92. The molecule has 110 valence electrons. The summed E-state index contributed by atoms with van der Waals surface area (Å²) in [6.07, 6.45) is 3.08. The van der Waals surface area contributed by atoms with Gasteiger partial charge in [0, 0.05) is 17.0 Å². The average Bonchev–Trinajstić information content (AvgIpc) is 2.67. The van der Waals surface area contributed by atoms with E-state index in [-0.39, 0.29) is 23.1 Å². The summed E-state index contributed by atoms with van der Waals surface area (Å²) in [6.45, 7) is 4.39. The number of hydrogen-bond acceptors (Lipinski definition) is 2. The number of nitrogens with one attached hydrogen (secondary N) is 1. The van der Waals surface area contributed by atoms with Gasteiger partial charge in [-0.3, -0.25) is 4.79 Å². The summed E-state index contributed by atoms with van der Waals surface area (Å²) >= 11 is 1.09. The summed E-state index contributed by atoms with van der Waals surface area (Å²) < 4.78 is 26.2. The monoisotopic (exact) mass is 299 g/mol. The lowest BCUT2D eigenvalue weighted by Crippen LogP contribution is -2.34. The number of halogens is 2. The van der Waals surface area contributed by atoms with Crippen molar-refractivity contribution in [1.29, 1.82) is 0 Å². The molecule has 1 saturated carbocycles. The number of carbonyl (C=O) groups is 1. The SMILES string of the molecule is CC1(C)CCC(NC(=O)CSc2ccc(F)cc2F)C1. The minimum absolute atomic E-state index is 0.0959. The molecule has 0 aromatic heterocycles. The minimum atomic E-state index is -0.621. The Morgan fingerprint density at radius 1 is 1.45 bits per heavy atom. The van der Waals surface area contributed by atoms with Gasteiger partial charge in [0.15, 0.2) is 0 Å². The zero-order valence-electron chi connectivity index (χ0n) is 11.7. The van der Waals surface area contributed by atoms with Crippen LogP contribution < -0.4 is 5.32 Å². The molecule has 1 aromatic rings. The number of thioether (sulfide) groups is 1. The summed E-state index contributed by atoms with van der Waals surface area (Å²) in [6, 6.07) is 3.61. The second-order valence-corrected chi connectivity index (χ2v) is 7.05. The number of benzene rings is 1. The van der Waals surface area contributed by atoms with E-state index in [1.165, 1.54) is 12.1 Å². The summed E-state index contributed by atoms with van der Waals surface area (Å²) in [7, 11) is 0. The molecule has 2 rings (SSSR count). The molecule has 1 aliphatic rings. The highest BCUT2D eigenvalue weighted by atomic mass is 32.2. The molecule has 0 heterocycles. The lowest BCUT2D eigenvalue weighted by Gasteiger charge is -2.17. The van der Waals surface area contributed by atoms with Gasteiger partial charge in [0.05, 0.1) is 5.75 Å². The number of carbonyl (C=O) groups excluding carboxylic acids is 1. The van der Waals surface area contributed by atoms with Gasteiger partial charge in [-0.1, -0.05) is 13.8 Å².